The first-order chi connectivity index (χ1) is 12.9. The molecule has 1 N–H and O–H groups in total. The lowest BCUT2D eigenvalue weighted by Gasteiger charge is -2.30. The topological polar surface area (TPSA) is 88.3 Å². The molecule has 0 saturated carbocycles. The van der Waals surface area contributed by atoms with Crippen LogP contribution in [0.4, 0.5) is 11.5 Å². The summed E-state index contributed by atoms with van der Waals surface area (Å²) in [6.45, 7) is 9.41. The molecule has 3 aromatic rings. The Morgan fingerprint density at radius 1 is 1.26 bits per heavy atom. The Kier molecular flexibility index (Phi) is 4.25. The number of amides is 1. The van der Waals surface area contributed by atoms with Gasteiger partial charge in [-0.05, 0) is 25.5 Å². The first kappa shape index (κ1) is 17.4. The predicted octanol–water partition coefficient (Wildman–Crippen LogP) is 2.29. The number of nitrogens with zero attached hydrogens (tertiary/aromatic N) is 6. The van der Waals surface area contributed by atoms with Gasteiger partial charge in [0.25, 0.3) is 0 Å². The number of hydrogen-bond acceptors (Lipinski definition) is 6. The van der Waals surface area contributed by atoms with E-state index in [0.717, 1.165) is 52.5 Å². The maximum Gasteiger partial charge on any atom is 0.226 e. The fourth-order valence-electron chi connectivity index (χ4n) is 3.32. The van der Waals surface area contributed by atoms with Crippen molar-refractivity contribution in [1.82, 2.24) is 24.8 Å². The molecule has 0 saturated heterocycles. The van der Waals surface area contributed by atoms with Crippen LogP contribution >= 0.6 is 0 Å². The van der Waals surface area contributed by atoms with Gasteiger partial charge in [-0.2, -0.15) is 4.52 Å². The van der Waals surface area contributed by atoms with Crippen molar-refractivity contribution >= 4 is 23.1 Å². The third-order valence-corrected chi connectivity index (χ3v) is 5.10. The van der Waals surface area contributed by atoms with E-state index < -0.39 is 0 Å². The smallest absolute Gasteiger partial charge is 0.226 e. The van der Waals surface area contributed by atoms with Crippen molar-refractivity contribution in [1.29, 1.82) is 0 Å². The molecule has 0 spiro atoms. The van der Waals surface area contributed by atoms with Gasteiger partial charge < -0.3 is 10.2 Å². The third-order valence-electron chi connectivity index (χ3n) is 5.10. The predicted molar refractivity (Wildman–Crippen MR) is 103 cm³/mol. The van der Waals surface area contributed by atoms with Gasteiger partial charge in [-0.25, -0.2) is 0 Å². The van der Waals surface area contributed by atoms with Crippen LogP contribution in [-0.4, -0.2) is 37.2 Å². The first-order valence-corrected chi connectivity index (χ1v) is 9.15. The summed E-state index contributed by atoms with van der Waals surface area (Å²) in [5, 5.41) is 15.7. The summed E-state index contributed by atoms with van der Waals surface area (Å²) >= 11 is 0. The Hall–Kier alpha value is -3.03. The Morgan fingerprint density at radius 2 is 2.07 bits per heavy atom. The van der Waals surface area contributed by atoms with Crippen molar-refractivity contribution in [3.05, 3.63) is 41.0 Å². The average molecular weight is 365 g/mol. The van der Waals surface area contributed by atoms with Gasteiger partial charge in [-0.1, -0.05) is 13.8 Å². The van der Waals surface area contributed by atoms with Gasteiger partial charge in [0.2, 0.25) is 5.91 Å². The van der Waals surface area contributed by atoms with E-state index in [4.69, 9.17) is 5.10 Å². The molecule has 0 radical (unpaired) electrons. The van der Waals surface area contributed by atoms with E-state index in [-0.39, 0.29) is 11.8 Å². The molecule has 0 fully saturated rings. The third kappa shape index (κ3) is 3.11. The molecule has 1 amide bonds. The second kappa shape index (κ2) is 6.61. The molecule has 0 aromatic carbocycles. The lowest BCUT2D eigenvalue weighted by Crippen LogP contribution is -2.33. The van der Waals surface area contributed by atoms with E-state index in [2.05, 4.69) is 32.3 Å². The van der Waals surface area contributed by atoms with Crippen molar-refractivity contribution in [3.8, 4) is 0 Å². The molecular weight excluding hydrogens is 342 g/mol. The van der Waals surface area contributed by atoms with Crippen molar-refractivity contribution in [3.63, 3.8) is 0 Å². The Morgan fingerprint density at radius 3 is 2.85 bits per heavy atom. The number of carbonyl (C=O) groups is 1. The summed E-state index contributed by atoms with van der Waals surface area (Å²) in [4.78, 5) is 18.8. The van der Waals surface area contributed by atoms with Crippen molar-refractivity contribution in [2.75, 3.05) is 16.8 Å². The van der Waals surface area contributed by atoms with Gasteiger partial charge in [-0.15, -0.1) is 15.3 Å². The van der Waals surface area contributed by atoms with Crippen LogP contribution in [0.5, 0.6) is 0 Å². The molecular formula is C19H23N7O. The molecule has 0 atom stereocenters. The number of hydrogen-bond donors (Lipinski definition) is 1. The zero-order chi connectivity index (χ0) is 19.1. The molecule has 4 rings (SSSR count). The van der Waals surface area contributed by atoms with E-state index in [9.17, 15) is 4.79 Å². The van der Waals surface area contributed by atoms with Crippen LogP contribution in [-0.2, 0) is 17.8 Å². The quantitative estimate of drug-likeness (QED) is 0.766. The minimum absolute atomic E-state index is 0.00406. The summed E-state index contributed by atoms with van der Waals surface area (Å²) in [7, 11) is 0. The number of carbonyl (C=O) groups excluding carboxylic acids is 1. The maximum absolute atomic E-state index is 12.0. The molecule has 1 aliphatic heterocycles. The number of rotatable bonds is 3. The van der Waals surface area contributed by atoms with E-state index in [1.807, 2.05) is 26.8 Å². The standard InChI is InChI=1S/C19H23N7O/c1-11(2)19(27)22-15-7-14-9-25(6-5-16(14)20-8-15)18-13(4)12(3)17-23-21-10-26(17)24-18/h7-8,10-11H,5-6,9H2,1-4H3,(H,22,27). The van der Waals surface area contributed by atoms with E-state index in [1.165, 1.54) is 0 Å². The monoisotopic (exact) mass is 365 g/mol. The van der Waals surface area contributed by atoms with E-state index in [1.54, 1.807) is 17.0 Å². The largest absolute Gasteiger partial charge is 0.350 e. The van der Waals surface area contributed by atoms with Gasteiger partial charge in [-0.3, -0.25) is 9.78 Å². The SMILES string of the molecule is Cc1c(N2CCc3ncc(NC(=O)C(C)C)cc3C2)nn2cnnc2c1C. The maximum atomic E-state index is 12.0. The van der Waals surface area contributed by atoms with Crippen LogP contribution in [0.15, 0.2) is 18.6 Å². The Balaban J connectivity index is 1.64. The summed E-state index contributed by atoms with van der Waals surface area (Å²) in [5.41, 5.74) is 5.91. The number of aryl methyl sites for hydroxylation is 1. The molecule has 8 nitrogen and oxygen atoms in total. The summed E-state index contributed by atoms with van der Waals surface area (Å²) in [5.74, 6) is 0.862. The number of fused-ring (bicyclic) bond motifs is 2. The highest BCUT2D eigenvalue weighted by molar-refractivity contribution is 5.92. The van der Waals surface area contributed by atoms with Crippen LogP contribution in [0.25, 0.3) is 5.65 Å². The second-order valence-corrected chi connectivity index (χ2v) is 7.32. The minimum atomic E-state index is -0.0668. The zero-order valence-electron chi connectivity index (χ0n) is 16.0. The highest BCUT2D eigenvalue weighted by Crippen LogP contribution is 2.28. The summed E-state index contributed by atoms with van der Waals surface area (Å²) in [6, 6.07) is 2.02. The Bertz CT molecular complexity index is 1020. The molecule has 4 heterocycles. The van der Waals surface area contributed by atoms with Crippen LogP contribution in [0, 0.1) is 19.8 Å². The van der Waals surface area contributed by atoms with Gasteiger partial charge in [0, 0.05) is 42.2 Å². The normalized spacial score (nSPS) is 13.9. The summed E-state index contributed by atoms with van der Waals surface area (Å²) < 4.78 is 1.73. The van der Waals surface area contributed by atoms with Gasteiger partial charge >= 0.3 is 0 Å². The zero-order valence-corrected chi connectivity index (χ0v) is 16.0. The highest BCUT2D eigenvalue weighted by atomic mass is 16.1. The van der Waals surface area contributed by atoms with Crippen LogP contribution in [0.3, 0.4) is 0 Å². The van der Waals surface area contributed by atoms with E-state index >= 15 is 0 Å². The lowest BCUT2D eigenvalue weighted by molar-refractivity contribution is -0.118. The van der Waals surface area contributed by atoms with Gasteiger partial charge in [0.1, 0.15) is 6.33 Å². The average Bonchev–Trinajstić information content (AvgIpc) is 3.12. The minimum Gasteiger partial charge on any atom is -0.350 e. The molecule has 8 heteroatoms. The fourth-order valence-corrected chi connectivity index (χ4v) is 3.32. The molecule has 0 bridgehead atoms. The molecule has 0 unspecified atom stereocenters. The number of nitrogens with one attached hydrogen (secondary N) is 1. The molecule has 27 heavy (non-hydrogen) atoms. The first-order valence-electron chi connectivity index (χ1n) is 9.15. The Labute approximate surface area is 157 Å². The molecule has 0 aliphatic carbocycles. The number of anilines is 2. The van der Waals surface area contributed by atoms with Crippen molar-refractivity contribution in [2.24, 2.45) is 5.92 Å². The van der Waals surface area contributed by atoms with Crippen LogP contribution < -0.4 is 10.2 Å². The van der Waals surface area contributed by atoms with Crippen molar-refractivity contribution in [2.45, 2.75) is 40.7 Å². The van der Waals surface area contributed by atoms with Gasteiger partial charge in [0.05, 0.1) is 11.9 Å². The van der Waals surface area contributed by atoms with Crippen molar-refractivity contribution < 1.29 is 4.79 Å². The second-order valence-electron chi connectivity index (χ2n) is 7.32. The molecule has 140 valence electrons. The number of pyridine rings is 1. The molecule has 1 aliphatic rings. The fraction of sp³-hybridized carbons (Fsp3) is 0.421. The molecule has 3 aromatic heterocycles. The number of aromatic nitrogens is 5. The summed E-state index contributed by atoms with van der Waals surface area (Å²) in [6.07, 6.45) is 4.21. The van der Waals surface area contributed by atoms with E-state index in [0.29, 0.717) is 6.54 Å². The highest BCUT2D eigenvalue weighted by Gasteiger charge is 2.23. The van der Waals surface area contributed by atoms with Crippen LogP contribution in [0.1, 0.15) is 36.2 Å². The lowest BCUT2D eigenvalue weighted by atomic mass is 10.0. The van der Waals surface area contributed by atoms with Gasteiger partial charge in [0.15, 0.2) is 11.5 Å². The van der Waals surface area contributed by atoms with Crippen LogP contribution in [0.2, 0.25) is 0 Å².